The lowest BCUT2D eigenvalue weighted by atomic mass is 10.2. The Hall–Kier alpha value is -1.31. The number of piperazine rings is 1. The van der Waals surface area contributed by atoms with E-state index in [-0.39, 0.29) is 25.5 Å². The van der Waals surface area contributed by atoms with Crippen molar-refractivity contribution in [2.75, 3.05) is 39.8 Å². The summed E-state index contributed by atoms with van der Waals surface area (Å²) in [7, 11) is 1.30. The lowest BCUT2D eigenvalue weighted by Crippen LogP contribution is -2.49. The highest BCUT2D eigenvalue weighted by Crippen LogP contribution is 2.21. The minimum atomic E-state index is -4.46. The van der Waals surface area contributed by atoms with E-state index < -0.39 is 18.5 Å². The van der Waals surface area contributed by atoms with Crippen LogP contribution in [0.5, 0.6) is 0 Å². The molecular formula is C11H17F3N2O3. The van der Waals surface area contributed by atoms with E-state index in [0.717, 1.165) is 0 Å². The maximum atomic E-state index is 12.1. The number of nitrogens with zero attached hydrogens (tertiary/aromatic N) is 2. The van der Waals surface area contributed by atoms with Gasteiger partial charge in [-0.1, -0.05) is 0 Å². The van der Waals surface area contributed by atoms with E-state index in [0.29, 0.717) is 19.6 Å². The monoisotopic (exact) mass is 282 g/mol. The highest BCUT2D eigenvalue weighted by atomic mass is 19.4. The summed E-state index contributed by atoms with van der Waals surface area (Å²) in [5.74, 6) is -1.21. The molecule has 0 bridgehead atoms. The molecule has 0 radical (unpaired) electrons. The molecule has 0 atom stereocenters. The average molecular weight is 282 g/mol. The van der Waals surface area contributed by atoms with Crippen molar-refractivity contribution < 1.29 is 27.5 Å². The molecule has 5 nitrogen and oxygen atoms in total. The van der Waals surface area contributed by atoms with Crippen LogP contribution in [0.15, 0.2) is 0 Å². The minimum Gasteiger partial charge on any atom is -0.469 e. The Bertz CT molecular complexity index is 326. The molecule has 1 aliphatic heterocycles. The Kier molecular flexibility index (Phi) is 5.59. The van der Waals surface area contributed by atoms with Crippen LogP contribution in [-0.2, 0) is 14.3 Å². The van der Waals surface area contributed by atoms with E-state index in [9.17, 15) is 22.8 Å². The predicted octanol–water partition coefficient (Wildman–Crippen LogP) is 0.646. The van der Waals surface area contributed by atoms with Crippen molar-refractivity contribution in [3.05, 3.63) is 0 Å². The van der Waals surface area contributed by atoms with Crippen LogP contribution >= 0.6 is 0 Å². The lowest BCUT2D eigenvalue weighted by molar-refractivity contribution is -0.162. The molecule has 0 saturated carbocycles. The fourth-order valence-electron chi connectivity index (χ4n) is 1.86. The number of methoxy groups -OCH3 is 1. The van der Waals surface area contributed by atoms with Crippen molar-refractivity contribution in [1.82, 2.24) is 9.80 Å². The van der Waals surface area contributed by atoms with Crippen LogP contribution < -0.4 is 0 Å². The summed E-state index contributed by atoms with van der Waals surface area (Å²) in [6.45, 7) is 1.96. The highest BCUT2D eigenvalue weighted by molar-refractivity contribution is 5.77. The average Bonchev–Trinajstić information content (AvgIpc) is 2.34. The van der Waals surface area contributed by atoms with Gasteiger partial charge in [0.25, 0.3) is 0 Å². The zero-order valence-corrected chi connectivity index (χ0v) is 10.7. The van der Waals surface area contributed by atoms with Gasteiger partial charge in [0.15, 0.2) is 0 Å². The Morgan fingerprint density at radius 2 is 1.74 bits per heavy atom. The fourth-order valence-corrected chi connectivity index (χ4v) is 1.86. The van der Waals surface area contributed by atoms with E-state index in [4.69, 9.17) is 0 Å². The van der Waals surface area contributed by atoms with E-state index in [1.54, 1.807) is 0 Å². The van der Waals surface area contributed by atoms with Crippen molar-refractivity contribution in [2.45, 2.75) is 19.0 Å². The number of alkyl halides is 3. The molecule has 1 rings (SSSR count). The van der Waals surface area contributed by atoms with Gasteiger partial charge in [-0.15, -0.1) is 0 Å². The van der Waals surface area contributed by atoms with Gasteiger partial charge in [-0.25, -0.2) is 0 Å². The van der Waals surface area contributed by atoms with Crippen molar-refractivity contribution in [3.8, 4) is 0 Å². The smallest absolute Gasteiger partial charge is 0.397 e. The van der Waals surface area contributed by atoms with Gasteiger partial charge < -0.3 is 9.64 Å². The first kappa shape index (κ1) is 15.7. The maximum Gasteiger partial charge on any atom is 0.397 e. The molecular weight excluding hydrogens is 265 g/mol. The molecule has 8 heteroatoms. The molecule has 0 aliphatic carbocycles. The zero-order valence-electron chi connectivity index (χ0n) is 10.7. The fraction of sp³-hybridized carbons (Fsp3) is 0.818. The summed E-state index contributed by atoms with van der Waals surface area (Å²) < 4.78 is 40.7. The Morgan fingerprint density at radius 3 is 2.21 bits per heavy atom. The molecule has 0 aromatic heterocycles. The largest absolute Gasteiger partial charge is 0.469 e. The van der Waals surface area contributed by atoms with E-state index in [1.807, 2.05) is 4.90 Å². The van der Waals surface area contributed by atoms with Crippen LogP contribution in [0.1, 0.15) is 12.8 Å². The number of ether oxygens (including phenoxy) is 1. The van der Waals surface area contributed by atoms with Crippen molar-refractivity contribution >= 4 is 11.9 Å². The van der Waals surface area contributed by atoms with E-state index in [2.05, 4.69) is 4.74 Å². The molecule has 1 saturated heterocycles. The van der Waals surface area contributed by atoms with Gasteiger partial charge in [-0.2, -0.15) is 13.2 Å². The SMILES string of the molecule is COC(=O)CCN1CCN(C(=O)CC(F)(F)F)CC1. The van der Waals surface area contributed by atoms with E-state index >= 15 is 0 Å². The molecule has 1 aliphatic rings. The Balaban J connectivity index is 2.29. The lowest BCUT2D eigenvalue weighted by Gasteiger charge is -2.34. The standard InChI is InChI=1S/C11H17F3N2O3/c1-19-10(18)2-3-15-4-6-16(7-5-15)9(17)8-11(12,13)14/h2-8H2,1H3. The number of hydrogen-bond donors (Lipinski definition) is 0. The molecule has 0 aromatic carbocycles. The quantitative estimate of drug-likeness (QED) is 0.710. The third-order valence-electron chi connectivity index (χ3n) is 2.94. The predicted molar refractivity (Wildman–Crippen MR) is 60.3 cm³/mol. The van der Waals surface area contributed by atoms with Gasteiger partial charge >= 0.3 is 12.1 Å². The highest BCUT2D eigenvalue weighted by Gasteiger charge is 2.34. The molecule has 0 N–H and O–H groups in total. The molecule has 0 aromatic rings. The molecule has 0 spiro atoms. The van der Waals surface area contributed by atoms with Crippen molar-refractivity contribution in [1.29, 1.82) is 0 Å². The number of carbonyl (C=O) groups is 2. The summed E-state index contributed by atoms with van der Waals surface area (Å²) in [4.78, 5) is 25.4. The first-order chi connectivity index (χ1) is 8.81. The van der Waals surface area contributed by atoms with Crippen molar-refractivity contribution in [3.63, 3.8) is 0 Å². The van der Waals surface area contributed by atoms with Crippen LogP contribution in [0.2, 0.25) is 0 Å². The van der Waals surface area contributed by atoms with Gasteiger partial charge in [-0.3, -0.25) is 14.5 Å². The second-order valence-corrected chi connectivity index (χ2v) is 4.34. The minimum absolute atomic E-state index is 0.243. The molecule has 1 heterocycles. The van der Waals surface area contributed by atoms with Gasteiger partial charge in [0, 0.05) is 32.7 Å². The van der Waals surface area contributed by atoms with Gasteiger partial charge in [0.1, 0.15) is 6.42 Å². The van der Waals surface area contributed by atoms with Crippen molar-refractivity contribution in [2.24, 2.45) is 0 Å². The topological polar surface area (TPSA) is 49.9 Å². The van der Waals surface area contributed by atoms with E-state index in [1.165, 1.54) is 12.0 Å². The number of carbonyl (C=O) groups excluding carboxylic acids is 2. The number of amides is 1. The van der Waals surface area contributed by atoms with Crippen LogP contribution in [0, 0.1) is 0 Å². The van der Waals surface area contributed by atoms with Gasteiger partial charge in [-0.05, 0) is 0 Å². The summed E-state index contributed by atoms with van der Waals surface area (Å²) in [5, 5.41) is 0. The first-order valence-electron chi connectivity index (χ1n) is 5.95. The first-order valence-corrected chi connectivity index (χ1v) is 5.95. The van der Waals surface area contributed by atoms with Gasteiger partial charge in [0.2, 0.25) is 5.91 Å². The number of rotatable bonds is 4. The third-order valence-corrected chi connectivity index (χ3v) is 2.94. The normalized spacial score (nSPS) is 17.4. The second-order valence-electron chi connectivity index (χ2n) is 4.34. The summed E-state index contributed by atoms with van der Waals surface area (Å²) >= 11 is 0. The van der Waals surface area contributed by atoms with Gasteiger partial charge in [0.05, 0.1) is 13.5 Å². The number of hydrogen-bond acceptors (Lipinski definition) is 4. The maximum absolute atomic E-state index is 12.1. The summed E-state index contributed by atoms with van der Waals surface area (Å²) in [6, 6.07) is 0. The summed E-state index contributed by atoms with van der Waals surface area (Å²) in [5.41, 5.74) is 0. The molecule has 0 unspecified atom stereocenters. The second kappa shape index (κ2) is 6.74. The molecule has 19 heavy (non-hydrogen) atoms. The number of halogens is 3. The Labute approximate surface area is 109 Å². The van der Waals surface area contributed by atoms with Crippen LogP contribution in [0.25, 0.3) is 0 Å². The van der Waals surface area contributed by atoms with Crippen LogP contribution in [0.4, 0.5) is 13.2 Å². The molecule has 1 amide bonds. The van der Waals surface area contributed by atoms with Crippen LogP contribution in [-0.4, -0.2) is 67.7 Å². The third kappa shape index (κ3) is 5.91. The summed E-state index contributed by atoms with van der Waals surface area (Å²) in [6.07, 6.45) is -5.62. The number of esters is 1. The van der Waals surface area contributed by atoms with Crippen LogP contribution in [0.3, 0.4) is 0 Å². The molecule has 1 fully saturated rings. The Morgan fingerprint density at radius 1 is 1.16 bits per heavy atom. The molecule has 110 valence electrons. The zero-order chi connectivity index (χ0) is 14.5.